The van der Waals surface area contributed by atoms with E-state index < -0.39 is 9.84 Å². The maximum Gasteiger partial charge on any atom is 0.177 e. The zero-order chi connectivity index (χ0) is 10.6. The van der Waals surface area contributed by atoms with E-state index in [4.69, 9.17) is 5.73 Å². The van der Waals surface area contributed by atoms with Crippen LogP contribution in [0.25, 0.3) is 0 Å². The molecule has 0 aliphatic rings. The molecule has 4 nitrogen and oxygen atoms in total. The summed E-state index contributed by atoms with van der Waals surface area (Å²) in [5, 5.41) is 2.97. The second-order valence-corrected chi connectivity index (χ2v) is 4.97. The van der Waals surface area contributed by atoms with Crippen LogP contribution < -0.4 is 11.1 Å². The summed E-state index contributed by atoms with van der Waals surface area (Å²) in [4.78, 5) is 0.313. The van der Waals surface area contributed by atoms with Crippen molar-refractivity contribution >= 4 is 15.5 Å². The summed E-state index contributed by atoms with van der Waals surface area (Å²) < 4.78 is 22.7. The topological polar surface area (TPSA) is 72.2 Å². The number of sulfone groups is 1. The monoisotopic (exact) mass is 214 g/mol. The predicted octanol–water partition coefficient (Wildman–Crippen LogP) is 0.461. The van der Waals surface area contributed by atoms with Gasteiger partial charge in [0, 0.05) is 19.3 Å². The summed E-state index contributed by atoms with van der Waals surface area (Å²) in [6.45, 7) is 1.03. The Labute approximate surface area is 84.0 Å². The lowest BCUT2D eigenvalue weighted by Crippen LogP contribution is -2.14. The van der Waals surface area contributed by atoms with Crippen LogP contribution in [0.5, 0.6) is 0 Å². The smallest absolute Gasteiger partial charge is 0.177 e. The van der Waals surface area contributed by atoms with Crippen molar-refractivity contribution in [2.75, 3.05) is 24.7 Å². The molecule has 1 aromatic carbocycles. The third-order valence-electron chi connectivity index (χ3n) is 1.75. The molecule has 0 bridgehead atoms. The van der Waals surface area contributed by atoms with Crippen LogP contribution in [0.4, 0.5) is 5.69 Å². The van der Waals surface area contributed by atoms with E-state index in [0.29, 0.717) is 23.7 Å². The maximum absolute atomic E-state index is 11.3. The van der Waals surface area contributed by atoms with Crippen molar-refractivity contribution < 1.29 is 8.42 Å². The molecule has 78 valence electrons. The number of nitrogens with one attached hydrogen (secondary N) is 1. The molecule has 0 saturated heterocycles. The molecule has 1 rings (SSSR count). The SMILES string of the molecule is CS(=O)(=O)c1ccccc1NCCN. The van der Waals surface area contributed by atoms with Crippen molar-refractivity contribution in [1.82, 2.24) is 0 Å². The number of anilines is 1. The number of para-hydroxylation sites is 1. The molecule has 0 radical (unpaired) electrons. The van der Waals surface area contributed by atoms with E-state index in [9.17, 15) is 8.42 Å². The van der Waals surface area contributed by atoms with Crippen LogP contribution in [0.2, 0.25) is 0 Å². The molecule has 0 unspecified atom stereocenters. The lowest BCUT2D eigenvalue weighted by Gasteiger charge is -2.09. The van der Waals surface area contributed by atoms with Gasteiger partial charge in [-0.05, 0) is 12.1 Å². The maximum atomic E-state index is 11.3. The Balaban J connectivity index is 3.04. The first-order chi connectivity index (χ1) is 6.55. The Morgan fingerprint density at radius 1 is 1.36 bits per heavy atom. The van der Waals surface area contributed by atoms with Crippen molar-refractivity contribution in [2.24, 2.45) is 5.73 Å². The van der Waals surface area contributed by atoms with Crippen molar-refractivity contribution in [2.45, 2.75) is 4.90 Å². The Kier molecular flexibility index (Phi) is 3.49. The molecule has 0 aromatic heterocycles. The molecule has 0 heterocycles. The third kappa shape index (κ3) is 2.71. The predicted molar refractivity (Wildman–Crippen MR) is 57.1 cm³/mol. The third-order valence-corrected chi connectivity index (χ3v) is 2.90. The van der Waals surface area contributed by atoms with Gasteiger partial charge in [0.2, 0.25) is 0 Å². The van der Waals surface area contributed by atoms with E-state index in [1.165, 1.54) is 6.26 Å². The highest BCUT2D eigenvalue weighted by Gasteiger charge is 2.11. The molecule has 0 fully saturated rings. The van der Waals surface area contributed by atoms with Crippen LogP contribution >= 0.6 is 0 Å². The van der Waals surface area contributed by atoms with Crippen LogP contribution in [-0.4, -0.2) is 27.8 Å². The van der Waals surface area contributed by atoms with Gasteiger partial charge in [0.05, 0.1) is 10.6 Å². The number of benzene rings is 1. The highest BCUT2D eigenvalue weighted by molar-refractivity contribution is 7.90. The summed E-state index contributed by atoms with van der Waals surface area (Å²) in [5.74, 6) is 0. The number of nitrogens with two attached hydrogens (primary N) is 1. The molecule has 5 heteroatoms. The zero-order valence-corrected chi connectivity index (χ0v) is 8.84. The summed E-state index contributed by atoms with van der Waals surface area (Å²) in [6, 6.07) is 6.79. The van der Waals surface area contributed by atoms with Gasteiger partial charge >= 0.3 is 0 Å². The quantitative estimate of drug-likeness (QED) is 0.763. The lowest BCUT2D eigenvalue weighted by atomic mass is 10.3. The van der Waals surface area contributed by atoms with Gasteiger partial charge in [-0.3, -0.25) is 0 Å². The van der Waals surface area contributed by atoms with Crippen molar-refractivity contribution in [1.29, 1.82) is 0 Å². The molecular weight excluding hydrogens is 200 g/mol. The summed E-state index contributed by atoms with van der Waals surface area (Å²) in [6.07, 6.45) is 1.19. The average molecular weight is 214 g/mol. The normalized spacial score (nSPS) is 11.3. The van der Waals surface area contributed by atoms with Gasteiger partial charge in [-0.15, -0.1) is 0 Å². The van der Waals surface area contributed by atoms with Crippen LogP contribution in [0.15, 0.2) is 29.2 Å². The molecule has 3 N–H and O–H groups in total. The Hall–Kier alpha value is -1.07. The molecule has 0 amide bonds. The van der Waals surface area contributed by atoms with Crippen LogP contribution in [-0.2, 0) is 9.84 Å². The van der Waals surface area contributed by atoms with E-state index in [-0.39, 0.29) is 0 Å². The molecule has 1 aromatic rings. The number of rotatable bonds is 4. The van der Waals surface area contributed by atoms with Gasteiger partial charge in [-0.2, -0.15) is 0 Å². The molecule has 0 saturated carbocycles. The van der Waals surface area contributed by atoms with Gasteiger partial charge in [0.15, 0.2) is 9.84 Å². The van der Waals surface area contributed by atoms with E-state index in [2.05, 4.69) is 5.32 Å². The van der Waals surface area contributed by atoms with Crippen LogP contribution in [0, 0.1) is 0 Å². The molecule has 0 aliphatic carbocycles. The highest BCUT2D eigenvalue weighted by Crippen LogP contribution is 2.19. The Morgan fingerprint density at radius 3 is 2.57 bits per heavy atom. The van der Waals surface area contributed by atoms with Crippen LogP contribution in [0.3, 0.4) is 0 Å². The molecule has 0 aliphatic heterocycles. The van der Waals surface area contributed by atoms with E-state index in [0.717, 1.165) is 0 Å². The molecule has 0 atom stereocenters. The minimum atomic E-state index is -3.17. The minimum absolute atomic E-state index is 0.313. The van der Waals surface area contributed by atoms with E-state index in [1.807, 2.05) is 0 Å². The zero-order valence-electron chi connectivity index (χ0n) is 8.03. The van der Waals surface area contributed by atoms with Crippen molar-refractivity contribution in [3.05, 3.63) is 24.3 Å². The molecular formula is C9H14N2O2S. The lowest BCUT2D eigenvalue weighted by molar-refractivity contribution is 0.602. The van der Waals surface area contributed by atoms with E-state index in [1.54, 1.807) is 24.3 Å². The van der Waals surface area contributed by atoms with Gasteiger partial charge < -0.3 is 11.1 Å². The summed E-state index contributed by atoms with van der Waals surface area (Å²) in [5.41, 5.74) is 5.94. The van der Waals surface area contributed by atoms with Gasteiger partial charge in [-0.25, -0.2) is 8.42 Å². The summed E-state index contributed by atoms with van der Waals surface area (Å²) in [7, 11) is -3.17. The van der Waals surface area contributed by atoms with Crippen LogP contribution in [0.1, 0.15) is 0 Å². The van der Waals surface area contributed by atoms with Crippen molar-refractivity contribution in [3.63, 3.8) is 0 Å². The first-order valence-corrected chi connectivity index (χ1v) is 6.18. The number of hydrogen-bond acceptors (Lipinski definition) is 4. The Morgan fingerprint density at radius 2 is 2.00 bits per heavy atom. The van der Waals surface area contributed by atoms with Crippen molar-refractivity contribution in [3.8, 4) is 0 Å². The number of hydrogen-bond donors (Lipinski definition) is 2. The second kappa shape index (κ2) is 4.43. The average Bonchev–Trinajstić information content (AvgIpc) is 2.14. The van der Waals surface area contributed by atoms with Gasteiger partial charge in [-0.1, -0.05) is 12.1 Å². The fourth-order valence-electron chi connectivity index (χ4n) is 1.14. The first kappa shape index (κ1) is 11.0. The molecule has 0 spiro atoms. The fraction of sp³-hybridized carbons (Fsp3) is 0.333. The van der Waals surface area contributed by atoms with E-state index >= 15 is 0 Å². The van der Waals surface area contributed by atoms with Gasteiger partial charge in [0.25, 0.3) is 0 Å². The molecule has 14 heavy (non-hydrogen) atoms. The Bertz CT molecular complexity index is 401. The first-order valence-electron chi connectivity index (χ1n) is 4.28. The largest absolute Gasteiger partial charge is 0.383 e. The minimum Gasteiger partial charge on any atom is -0.383 e. The highest BCUT2D eigenvalue weighted by atomic mass is 32.2. The fourth-order valence-corrected chi connectivity index (χ4v) is 2.01. The standard InChI is InChI=1S/C9H14N2O2S/c1-14(12,13)9-5-3-2-4-8(9)11-7-6-10/h2-5,11H,6-7,10H2,1H3. The summed E-state index contributed by atoms with van der Waals surface area (Å²) >= 11 is 0. The van der Waals surface area contributed by atoms with Gasteiger partial charge in [0.1, 0.15) is 0 Å². The second-order valence-electron chi connectivity index (χ2n) is 2.98.